The number of amides is 2. The molecule has 0 radical (unpaired) electrons. The second-order valence-corrected chi connectivity index (χ2v) is 5.20. The van der Waals surface area contributed by atoms with Gasteiger partial charge in [-0.25, -0.2) is 0 Å². The second kappa shape index (κ2) is 8.21. The minimum Gasteiger partial charge on any atom is -0.497 e. The van der Waals surface area contributed by atoms with Crippen LogP contribution in [0.5, 0.6) is 11.5 Å². The third-order valence-corrected chi connectivity index (χ3v) is 3.63. The van der Waals surface area contributed by atoms with Crippen molar-refractivity contribution >= 4 is 29.1 Å². The van der Waals surface area contributed by atoms with Crippen molar-refractivity contribution in [2.24, 2.45) is 0 Å². The van der Waals surface area contributed by atoms with E-state index in [0.717, 1.165) is 5.56 Å². The smallest absolute Gasteiger partial charge is 0.313 e. The first-order chi connectivity index (χ1) is 11.5. The van der Waals surface area contributed by atoms with Crippen LogP contribution in [-0.2, 0) is 16.1 Å². The number of rotatable bonds is 5. The van der Waals surface area contributed by atoms with Gasteiger partial charge in [0.25, 0.3) is 0 Å². The van der Waals surface area contributed by atoms with Gasteiger partial charge in [0.05, 0.1) is 19.9 Å². The molecular weight excluding hydrogens is 332 g/mol. The number of benzene rings is 2. The maximum atomic E-state index is 12.0. The molecule has 0 atom stereocenters. The van der Waals surface area contributed by atoms with E-state index in [-0.39, 0.29) is 6.54 Å². The summed E-state index contributed by atoms with van der Waals surface area (Å²) in [5.74, 6) is -0.640. The van der Waals surface area contributed by atoms with Gasteiger partial charge in [-0.1, -0.05) is 29.8 Å². The van der Waals surface area contributed by atoms with E-state index in [1.54, 1.807) is 42.5 Å². The number of anilines is 1. The van der Waals surface area contributed by atoms with Crippen molar-refractivity contribution in [1.29, 1.82) is 0 Å². The Balaban J connectivity index is 2.01. The van der Waals surface area contributed by atoms with E-state index >= 15 is 0 Å². The van der Waals surface area contributed by atoms with Crippen molar-refractivity contribution in [3.63, 3.8) is 0 Å². The Labute approximate surface area is 144 Å². The highest BCUT2D eigenvalue weighted by atomic mass is 35.5. The quantitative estimate of drug-likeness (QED) is 0.814. The van der Waals surface area contributed by atoms with Crippen molar-refractivity contribution < 1.29 is 19.1 Å². The molecular formula is C17H17ClN2O4. The van der Waals surface area contributed by atoms with E-state index in [9.17, 15) is 9.59 Å². The van der Waals surface area contributed by atoms with Crippen LogP contribution in [-0.4, -0.2) is 26.0 Å². The molecule has 0 bridgehead atoms. The molecule has 2 aromatic rings. The van der Waals surface area contributed by atoms with Gasteiger partial charge in [0.15, 0.2) is 0 Å². The van der Waals surface area contributed by atoms with Crippen LogP contribution in [0.15, 0.2) is 42.5 Å². The van der Waals surface area contributed by atoms with Crippen LogP contribution >= 0.6 is 11.6 Å². The van der Waals surface area contributed by atoms with Gasteiger partial charge in [0.1, 0.15) is 11.5 Å². The predicted molar refractivity (Wildman–Crippen MR) is 91.5 cm³/mol. The fraction of sp³-hybridized carbons (Fsp3) is 0.176. The Kier molecular flexibility index (Phi) is 6.03. The van der Waals surface area contributed by atoms with Gasteiger partial charge >= 0.3 is 11.8 Å². The molecule has 2 amide bonds. The monoisotopic (exact) mass is 348 g/mol. The minimum absolute atomic E-state index is 0.154. The number of halogens is 1. The van der Waals surface area contributed by atoms with Gasteiger partial charge in [-0.2, -0.15) is 0 Å². The number of methoxy groups -OCH3 is 2. The molecule has 126 valence electrons. The summed E-state index contributed by atoms with van der Waals surface area (Å²) >= 11 is 6.01. The second-order valence-electron chi connectivity index (χ2n) is 4.79. The molecule has 7 heteroatoms. The summed E-state index contributed by atoms with van der Waals surface area (Å²) in [5, 5.41) is 5.54. The van der Waals surface area contributed by atoms with Crippen LogP contribution in [0.2, 0.25) is 5.02 Å². The third-order valence-electron chi connectivity index (χ3n) is 3.26. The fourth-order valence-corrected chi connectivity index (χ4v) is 2.19. The topological polar surface area (TPSA) is 76.7 Å². The van der Waals surface area contributed by atoms with Gasteiger partial charge < -0.3 is 20.1 Å². The maximum Gasteiger partial charge on any atom is 0.313 e. The summed E-state index contributed by atoms with van der Waals surface area (Å²) in [6, 6.07) is 12.0. The van der Waals surface area contributed by atoms with E-state index in [2.05, 4.69) is 10.6 Å². The number of hydrogen-bond acceptors (Lipinski definition) is 4. The zero-order valence-electron chi connectivity index (χ0n) is 13.3. The van der Waals surface area contributed by atoms with Crippen molar-refractivity contribution in [1.82, 2.24) is 5.32 Å². The molecule has 0 aromatic heterocycles. The lowest BCUT2D eigenvalue weighted by Crippen LogP contribution is -2.35. The molecule has 0 fully saturated rings. The van der Waals surface area contributed by atoms with Gasteiger partial charge in [0.2, 0.25) is 0 Å². The summed E-state index contributed by atoms with van der Waals surface area (Å²) in [7, 11) is 2.97. The van der Waals surface area contributed by atoms with Crippen molar-refractivity contribution in [2.45, 2.75) is 6.54 Å². The first kappa shape index (κ1) is 17.6. The molecule has 2 aromatic carbocycles. The van der Waals surface area contributed by atoms with E-state index in [0.29, 0.717) is 22.2 Å². The highest BCUT2D eigenvalue weighted by molar-refractivity contribution is 6.39. The predicted octanol–water partition coefficient (Wildman–Crippen LogP) is 2.61. The van der Waals surface area contributed by atoms with Crippen molar-refractivity contribution in [2.75, 3.05) is 19.5 Å². The van der Waals surface area contributed by atoms with Crippen molar-refractivity contribution in [3.8, 4) is 11.5 Å². The molecule has 0 saturated carbocycles. The molecule has 0 spiro atoms. The molecule has 0 heterocycles. The average Bonchev–Trinajstić information content (AvgIpc) is 2.60. The van der Waals surface area contributed by atoms with Gasteiger partial charge in [-0.15, -0.1) is 0 Å². The lowest BCUT2D eigenvalue weighted by atomic mass is 10.2. The zero-order valence-corrected chi connectivity index (χ0v) is 14.0. The molecule has 24 heavy (non-hydrogen) atoms. The Morgan fingerprint density at radius 3 is 2.46 bits per heavy atom. The maximum absolute atomic E-state index is 12.0. The summed E-state index contributed by atoms with van der Waals surface area (Å²) in [6.07, 6.45) is 0. The van der Waals surface area contributed by atoms with Crippen LogP contribution in [0.3, 0.4) is 0 Å². The Morgan fingerprint density at radius 1 is 1.04 bits per heavy atom. The van der Waals surface area contributed by atoms with E-state index < -0.39 is 11.8 Å². The summed E-state index contributed by atoms with van der Waals surface area (Å²) in [5.41, 5.74) is 1.06. The van der Waals surface area contributed by atoms with Gasteiger partial charge in [-0.3, -0.25) is 9.59 Å². The van der Waals surface area contributed by atoms with E-state index in [1.165, 1.54) is 14.2 Å². The highest BCUT2D eigenvalue weighted by Gasteiger charge is 2.16. The first-order valence-corrected chi connectivity index (χ1v) is 7.47. The van der Waals surface area contributed by atoms with Crippen LogP contribution in [0, 0.1) is 0 Å². The molecule has 2 N–H and O–H groups in total. The van der Waals surface area contributed by atoms with Gasteiger partial charge in [0, 0.05) is 17.6 Å². The van der Waals surface area contributed by atoms with Crippen molar-refractivity contribution in [3.05, 3.63) is 53.1 Å². The highest BCUT2D eigenvalue weighted by Crippen LogP contribution is 2.28. The summed E-state index contributed by atoms with van der Waals surface area (Å²) < 4.78 is 10.2. The first-order valence-electron chi connectivity index (χ1n) is 7.09. The van der Waals surface area contributed by atoms with E-state index in [1.807, 2.05) is 0 Å². The number of ether oxygens (including phenoxy) is 2. The lowest BCUT2D eigenvalue weighted by Gasteiger charge is -2.12. The molecule has 6 nitrogen and oxygen atoms in total. The largest absolute Gasteiger partial charge is 0.497 e. The minimum atomic E-state index is -0.811. The fourth-order valence-electron chi connectivity index (χ4n) is 1.99. The Hall–Kier alpha value is -2.73. The molecule has 0 aliphatic carbocycles. The number of carbonyl (C=O) groups is 2. The van der Waals surface area contributed by atoms with E-state index in [4.69, 9.17) is 21.1 Å². The number of nitrogens with one attached hydrogen (secondary N) is 2. The molecule has 2 rings (SSSR count). The van der Waals surface area contributed by atoms with Crippen LogP contribution in [0.1, 0.15) is 5.56 Å². The normalized spacial score (nSPS) is 9.96. The number of carbonyl (C=O) groups excluding carboxylic acids is 2. The summed E-state index contributed by atoms with van der Waals surface area (Å²) in [4.78, 5) is 24.0. The molecule has 0 aliphatic rings. The van der Waals surface area contributed by atoms with Crippen LogP contribution in [0.25, 0.3) is 0 Å². The number of hydrogen-bond donors (Lipinski definition) is 2. The Bertz CT molecular complexity index is 749. The molecule has 0 aliphatic heterocycles. The molecule has 0 saturated heterocycles. The zero-order chi connectivity index (χ0) is 17.5. The average molecular weight is 349 g/mol. The van der Waals surface area contributed by atoms with Crippen LogP contribution in [0.4, 0.5) is 5.69 Å². The van der Waals surface area contributed by atoms with Gasteiger partial charge in [-0.05, 0) is 23.8 Å². The van der Waals surface area contributed by atoms with Crippen LogP contribution < -0.4 is 20.1 Å². The standard InChI is InChI=1S/C17H17ClN2O4/c1-23-12-7-8-15(24-2)14(9-12)20-17(22)16(21)19-10-11-5-3-4-6-13(11)18/h3-9H,10H2,1-2H3,(H,19,21)(H,20,22). The lowest BCUT2D eigenvalue weighted by molar-refractivity contribution is -0.136. The Morgan fingerprint density at radius 2 is 1.79 bits per heavy atom. The third kappa shape index (κ3) is 4.39. The summed E-state index contributed by atoms with van der Waals surface area (Å²) in [6.45, 7) is 0.154. The SMILES string of the molecule is COc1ccc(OC)c(NC(=O)C(=O)NCc2ccccc2Cl)c1. The molecule has 0 unspecified atom stereocenters.